The Labute approximate surface area is 95.0 Å². The van der Waals surface area contributed by atoms with E-state index in [0.717, 1.165) is 36.9 Å². The van der Waals surface area contributed by atoms with E-state index in [9.17, 15) is 0 Å². The maximum atomic E-state index is 5.78. The Morgan fingerprint density at radius 2 is 2.00 bits per heavy atom. The van der Waals surface area contributed by atoms with Gasteiger partial charge in [-0.3, -0.25) is 0 Å². The van der Waals surface area contributed by atoms with Gasteiger partial charge in [0.2, 0.25) is 0 Å². The van der Waals surface area contributed by atoms with Crippen LogP contribution in [-0.2, 0) is 0 Å². The van der Waals surface area contributed by atoms with E-state index in [1.807, 2.05) is 0 Å². The second-order valence-electron chi connectivity index (χ2n) is 5.75. The third-order valence-corrected chi connectivity index (χ3v) is 3.50. The highest BCUT2D eigenvalue weighted by atomic mass is 14.9. The average Bonchev–Trinajstić information content (AvgIpc) is 2.12. The SMILES string of the molecule is CC(C)CC(CN)CCNC1CC(C)C1. The fourth-order valence-corrected chi connectivity index (χ4v) is 2.56. The summed E-state index contributed by atoms with van der Waals surface area (Å²) in [6, 6.07) is 0.803. The van der Waals surface area contributed by atoms with E-state index in [-0.39, 0.29) is 0 Å². The lowest BCUT2D eigenvalue weighted by Gasteiger charge is -2.34. The van der Waals surface area contributed by atoms with Gasteiger partial charge in [-0.15, -0.1) is 0 Å². The fourth-order valence-electron chi connectivity index (χ4n) is 2.56. The highest BCUT2D eigenvalue weighted by Crippen LogP contribution is 2.26. The molecule has 1 aliphatic carbocycles. The highest BCUT2D eigenvalue weighted by molar-refractivity contribution is 4.82. The molecule has 0 aromatic rings. The molecule has 0 heterocycles. The van der Waals surface area contributed by atoms with Crippen molar-refractivity contribution in [2.75, 3.05) is 13.1 Å². The van der Waals surface area contributed by atoms with Crippen LogP contribution in [0, 0.1) is 17.8 Å². The normalized spacial score (nSPS) is 27.8. The van der Waals surface area contributed by atoms with E-state index in [0.29, 0.717) is 0 Å². The van der Waals surface area contributed by atoms with Crippen LogP contribution in [0.2, 0.25) is 0 Å². The largest absolute Gasteiger partial charge is 0.330 e. The van der Waals surface area contributed by atoms with Crippen molar-refractivity contribution in [3.63, 3.8) is 0 Å². The lowest BCUT2D eigenvalue weighted by Crippen LogP contribution is -2.41. The molecule has 1 rings (SSSR count). The van der Waals surface area contributed by atoms with Crippen LogP contribution in [0.5, 0.6) is 0 Å². The quantitative estimate of drug-likeness (QED) is 0.680. The van der Waals surface area contributed by atoms with Crippen molar-refractivity contribution in [2.24, 2.45) is 23.5 Å². The summed E-state index contributed by atoms with van der Waals surface area (Å²) >= 11 is 0. The maximum Gasteiger partial charge on any atom is 0.00721 e. The van der Waals surface area contributed by atoms with Crippen LogP contribution in [0.1, 0.15) is 46.5 Å². The molecule has 2 heteroatoms. The van der Waals surface area contributed by atoms with Crippen LogP contribution in [0.25, 0.3) is 0 Å². The van der Waals surface area contributed by atoms with Crippen molar-refractivity contribution >= 4 is 0 Å². The van der Waals surface area contributed by atoms with Gasteiger partial charge in [-0.2, -0.15) is 0 Å². The zero-order valence-corrected chi connectivity index (χ0v) is 10.6. The minimum absolute atomic E-state index is 0.718. The molecule has 3 N–H and O–H groups in total. The minimum Gasteiger partial charge on any atom is -0.330 e. The van der Waals surface area contributed by atoms with Crippen molar-refractivity contribution in [3.05, 3.63) is 0 Å². The van der Waals surface area contributed by atoms with Gasteiger partial charge in [-0.05, 0) is 56.5 Å². The number of nitrogens with one attached hydrogen (secondary N) is 1. The third kappa shape index (κ3) is 4.98. The molecule has 0 bridgehead atoms. The first-order valence-electron chi connectivity index (χ1n) is 6.55. The van der Waals surface area contributed by atoms with E-state index < -0.39 is 0 Å². The molecule has 0 radical (unpaired) electrons. The van der Waals surface area contributed by atoms with E-state index in [4.69, 9.17) is 5.73 Å². The number of nitrogens with two attached hydrogens (primary N) is 1. The summed E-state index contributed by atoms with van der Waals surface area (Å²) in [5.41, 5.74) is 5.78. The van der Waals surface area contributed by atoms with Crippen LogP contribution in [-0.4, -0.2) is 19.1 Å². The van der Waals surface area contributed by atoms with Crippen LogP contribution < -0.4 is 11.1 Å². The molecule has 1 atom stereocenters. The molecule has 0 aliphatic heterocycles. The predicted molar refractivity (Wildman–Crippen MR) is 66.8 cm³/mol. The summed E-state index contributed by atoms with van der Waals surface area (Å²) in [4.78, 5) is 0. The second kappa shape index (κ2) is 6.49. The van der Waals surface area contributed by atoms with Gasteiger partial charge in [0.25, 0.3) is 0 Å². The van der Waals surface area contributed by atoms with Crippen LogP contribution in [0.4, 0.5) is 0 Å². The number of hydrogen-bond donors (Lipinski definition) is 2. The minimum atomic E-state index is 0.718. The molecule has 2 nitrogen and oxygen atoms in total. The van der Waals surface area contributed by atoms with E-state index in [1.165, 1.54) is 25.7 Å². The van der Waals surface area contributed by atoms with Gasteiger partial charge >= 0.3 is 0 Å². The average molecular weight is 212 g/mol. The van der Waals surface area contributed by atoms with Gasteiger partial charge in [0, 0.05) is 6.04 Å². The highest BCUT2D eigenvalue weighted by Gasteiger charge is 2.24. The molecule has 0 saturated heterocycles. The summed E-state index contributed by atoms with van der Waals surface area (Å²) in [6.45, 7) is 8.90. The first-order valence-corrected chi connectivity index (χ1v) is 6.55. The first-order chi connectivity index (χ1) is 7.11. The Morgan fingerprint density at radius 1 is 1.33 bits per heavy atom. The second-order valence-corrected chi connectivity index (χ2v) is 5.75. The van der Waals surface area contributed by atoms with E-state index >= 15 is 0 Å². The maximum absolute atomic E-state index is 5.78. The molecule has 90 valence electrons. The molecule has 1 unspecified atom stereocenters. The topological polar surface area (TPSA) is 38.0 Å². The molecule has 1 saturated carbocycles. The van der Waals surface area contributed by atoms with Crippen LogP contribution in [0.15, 0.2) is 0 Å². The lowest BCUT2D eigenvalue weighted by molar-refractivity contribution is 0.235. The smallest absolute Gasteiger partial charge is 0.00721 e. The molecule has 0 amide bonds. The van der Waals surface area contributed by atoms with Crippen LogP contribution >= 0.6 is 0 Å². The molecule has 1 aliphatic rings. The zero-order valence-electron chi connectivity index (χ0n) is 10.6. The predicted octanol–water partition coefficient (Wildman–Crippen LogP) is 2.39. The van der Waals surface area contributed by atoms with Crippen LogP contribution in [0.3, 0.4) is 0 Å². The first kappa shape index (κ1) is 13.0. The standard InChI is InChI=1S/C13H28N2/c1-10(2)6-12(9-14)4-5-15-13-7-11(3)8-13/h10-13,15H,4-9,14H2,1-3H3. The van der Waals surface area contributed by atoms with Crippen molar-refractivity contribution in [1.29, 1.82) is 0 Å². The Hall–Kier alpha value is -0.0800. The van der Waals surface area contributed by atoms with Gasteiger partial charge in [0.15, 0.2) is 0 Å². The van der Waals surface area contributed by atoms with Crippen molar-refractivity contribution < 1.29 is 0 Å². The van der Waals surface area contributed by atoms with Gasteiger partial charge in [-0.25, -0.2) is 0 Å². The Bertz CT molecular complexity index is 162. The lowest BCUT2D eigenvalue weighted by atomic mass is 9.82. The molecule has 0 spiro atoms. The molecule has 0 aromatic carbocycles. The molecule has 1 fully saturated rings. The van der Waals surface area contributed by atoms with E-state index in [2.05, 4.69) is 26.1 Å². The van der Waals surface area contributed by atoms with Gasteiger partial charge in [0.1, 0.15) is 0 Å². The molecular weight excluding hydrogens is 184 g/mol. The van der Waals surface area contributed by atoms with E-state index in [1.54, 1.807) is 0 Å². The zero-order chi connectivity index (χ0) is 11.3. The number of hydrogen-bond acceptors (Lipinski definition) is 2. The van der Waals surface area contributed by atoms with Gasteiger partial charge in [-0.1, -0.05) is 20.8 Å². The summed E-state index contributed by atoms with van der Waals surface area (Å²) in [5.74, 6) is 2.45. The van der Waals surface area contributed by atoms with Crippen molar-refractivity contribution in [2.45, 2.75) is 52.5 Å². The fraction of sp³-hybridized carbons (Fsp3) is 1.00. The van der Waals surface area contributed by atoms with Gasteiger partial charge < -0.3 is 11.1 Å². The summed E-state index contributed by atoms with van der Waals surface area (Å²) in [5, 5.41) is 3.63. The Balaban J connectivity index is 2.01. The van der Waals surface area contributed by atoms with Crippen molar-refractivity contribution in [1.82, 2.24) is 5.32 Å². The molecular formula is C13H28N2. The van der Waals surface area contributed by atoms with Crippen molar-refractivity contribution in [3.8, 4) is 0 Å². The van der Waals surface area contributed by atoms with Gasteiger partial charge in [0.05, 0.1) is 0 Å². The summed E-state index contributed by atoms with van der Waals surface area (Å²) in [7, 11) is 0. The monoisotopic (exact) mass is 212 g/mol. The molecule has 0 aromatic heterocycles. The number of rotatable bonds is 7. The Morgan fingerprint density at radius 3 is 2.47 bits per heavy atom. The molecule has 15 heavy (non-hydrogen) atoms. The Kier molecular flexibility index (Phi) is 5.62. The summed E-state index contributed by atoms with van der Waals surface area (Å²) < 4.78 is 0. The summed E-state index contributed by atoms with van der Waals surface area (Å²) in [6.07, 6.45) is 5.27. The third-order valence-electron chi connectivity index (χ3n) is 3.50.